The number of nitrogens with zero attached hydrogens (tertiary/aromatic N) is 2. The van der Waals surface area contributed by atoms with Gasteiger partial charge in [-0.05, 0) is 42.0 Å². The highest BCUT2D eigenvalue weighted by Gasteiger charge is 2.54. The van der Waals surface area contributed by atoms with Crippen LogP contribution in [0.3, 0.4) is 0 Å². The van der Waals surface area contributed by atoms with Crippen LogP contribution < -0.4 is 5.32 Å². The largest absolute Gasteiger partial charge is 0.459 e. The highest BCUT2D eigenvalue weighted by molar-refractivity contribution is 5.98. The molecule has 2 aliphatic heterocycles. The van der Waals surface area contributed by atoms with Gasteiger partial charge in [-0.3, -0.25) is 19.3 Å². The summed E-state index contributed by atoms with van der Waals surface area (Å²) in [4.78, 5) is 42.9. The zero-order valence-corrected chi connectivity index (χ0v) is 19.6. The second-order valence-corrected chi connectivity index (χ2v) is 8.93. The molecule has 1 N–H and O–H groups in total. The first-order valence-electron chi connectivity index (χ1n) is 11.8. The lowest BCUT2D eigenvalue weighted by Gasteiger charge is -2.44. The number of nitrogens with one attached hydrogen (secondary N) is 1. The van der Waals surface area contributed by atoms with Crippen molar-refractivity contribution in [3.8, 4) is 0 Å². The van der Waals surface area contributed by atoms with Gasteiger partial charge in [0.2, 0.25) is 5.91 Å². The lowest BCUT2D eigenvalue weighted by molar-refractivity contribution is -0.128. The molecular formula is C27H26FN3O5. The molecule has 0 unspecified atom stereocenters. The first-order valence-corrected chi connectivity index (χ1v) is 11.8. The van der Waals surface area contributed by atoms with Crippen molar-refractivity contribution in [3.05, 3.63) is 95.7 Å². The lowest BCUT2D eigenvalue weighted by atomic mass is 9.96. The highest BCUT2D eigenvalue weighted by atomic mass is 19.1. The molecule has 0 bridgehead atoms. The molecule has 1 spiro atoms. The van der Waals surface area contributed by atoms with Crippen molar-refractivity contribution in [2.24, 2.45) is 0 Å². The Hall–Kier alpha value is -3.98. The summed E-state index contributed by atoms with van der Waals surface area (Å²) in [7, 11) is 0. The molecule has 2 aliphatic rings. The second kappa shape index (κ2) is 9.94. The molecular weight excluding hydrogens is 465 g/mol. The van der Waals surface area contributed by atoms with Gasteiger partial charge in [0.25, 0.3) is 11.8 Å². The number of rotatable bonds is 5. The Balaban J connectivity index is 1.35. The van der Waals surface area contributed by atoms with Gasteiger partial charge >= 0.3 is 0 Å². The van der Waals surface area contributed by atoms with Crippen LogP contribution in [-0.4, -0.2) is 59.0 Å². The topological polar surface area (TPSA) is 92.1 Å². The van der Waals surface area contributed by atoms with Gasteiger partial charge in [0.1, 0.15) is 17.6 Å². The lowest BCUT2D eigenvalue weighted by Crippen LogP contribution is -2.59. The van der Waals surface area contributed by atoms with E-state index >= 15 is 0 Å². The van der Waals surface area contributed by atoms with Crippen LogP contribution in [0.5, 0.6) is 0 Å². The van der Waals surface area contributed by atoms with E-state index in [9.17, 15) is 18.8 Å². The molecule has 36 heavy (non-hydrogen) atoms. The molecule has 9 heteroatoms. The van der Waals surface area contributed by atoms with Crippen LogP contribution in [0, 0.1) is 5.82 Å². The van der Waals surface area contributed by atoms with Crippen molar-refractivity contribution < 1.29 is 27.9 Å². The Morgan fingerprint density at radius 3 is 2.33 bits per heavy atom. The molecule has 1 atom stereocenters. The van der Waals surface area contributed by atoms with Crippen molar-refractivity contribution in [2.45, 2.75) is 31.2 Å². The smallest absolute Gasteiger partial charge is 0.289 e. The van der Waals surface area contributed by atoms with Gasteiger partial charge in [0.05, 0.1) is 12.9 Å². The van der Waals surface area contributed by atoms with Crippen molar-refractivity contribution in [2.75, 3.05) is 19.7 Å². The fourth-order valence-corrected chi connectivity index (χ4v) is 4.81. The summed E-state index contributed by atoms with van der Waals surface area (Å²) in [6.07, 6.45) is 2.17. The minimum absolute atomic E-state index is 0.0416. The maximum atomic E-state index is 13.7. The number of furan rings is 1. The van der Waals surface area contributed by atoms with Gasteiger partial charge in [0.15, 0.2) is 5.76 Å². The number of hydrogen-bond acceptors (Lipinski definition) is 5. The van der Waals surface area contributed by atoms with E-state index < -0.39 is 11.8 Å². The molecule has 5 rings (SSSR count). The van der Waals surface area contributed by atoms with Crippen molar-refractivity contribution in [1.29, 1.82) is 0 Å². The van der Waals surface area contributed by atoms with Crippen LogP contribution in [0.15, 0.2) is 77.4 Å². The first-order chi connectivity index (χ1) is 17.5. The zero-order valence-electron chi connectivity index (χ0n) is 19.6. The number of ether oxygens (including phenoxy) is 1. The number of piperidine rings is 1. The third kappa shape index (κ3) is 4.61. The van der Waals surface area contributed by atoms with Crippen LogP contribution in [0.2, 0.25) is 0 Å². The van der Waals surface area contributed by atoms with Gasteiger partial charge in [0, 0.05) is 38.0 Å². The van der Waals surface area contributed by atoms with Crippen molar-refractivity contribution in [1.82, 2.24) is 15.1 Å². The number of benzene rings is 2. The van der Waals surface area contributed by atoms with Gasteiger partial charge in [-0.25, -0.2) is 4.39 Å². The van der Waals surface area contributed by atoms with Gasteiger partial charge in [-0.2, -0.15) is 0 Å². The fraction of sp³-hybridized carbons (Fsp3) is 0.296. The molecule has 1 aromatic heterocycles. The summed E-state index contributed by atoms with van der Waals surface area (Å²) < 4.78 is 24.6. The monoisotopic (exact) mass is 491 g/mol. The average Bonchev–Trinajstić information content (AvgIpc) is 3.57. The third-order valence-electron chi connectivity index (χ3n) is 6.75. The van der Waals surface area contributed by atoms with Crippen LogP contribution in [0.1, 0.15) is 39.3 Å². The molecule has 2 saturated heterocycles. The van der Waals surface area contributed by atoms with E-state index in [0.29, 0.717) is 31.5 Å². The standard InChI is InChI=1S/C27H26FN3O5/c28-21-10-8-19(9-11-21)17-29-24(32)22-18-36-27(31(22)25(33)20-5-2-1-3-6-20)12-14-30(15-13-27)26(34)23-7-4-16-35-23/h1-11,16,22H,12-15,17-18H2,(H,29,32)/t22-/m0/s1. The predicted molar refractivity (Wildman–Crippen MR) is 127 cm³/mol. The minimum atomic E-state index is -1.01. The Bertz CT molecular complexity index is 1220. The summed E-state index contributed by atoms with van der Waals surface area (Å²) in [6, 6.07) is 17.1. The summed E-state index contributed by atoms with van der Waals surface area (Å²) in [5.74, 6) is -0.973. The van der Waals surface area contributed by atoms with Crippen LogP contribution in [-0.2, 0) is 16.1 Å². The molecule has 0 aliphatic carbocycles. The molecule has 186 valence electrons. The SMILES string of the molecule is O=C(NCc1ccc(F)cc1)[C@@H]1COC2(CCN(C(=O)c3ccco3)CC2)N1C(=O)c1ccccc1. The molecule has 8 nitrogen and oxygen atoms in total. The van der Waals surface area contributed by atoms with E-state index in [1.807, 2.05) is 6.07 Å². The van der Waals surface area contributed by atoms with E-state index in [4.69, 9.17) is 9.15 Å². The van der Waals surface area contributed by atoms with E-state index in [0.717, 1.165) is 5.56 Å². The third-order valence-corrected chi connectivity index (χ3v) is 6.75. The van der Waals surface area contributed by atoms with Crippen LogP contribution in [0.4, 0.5) is 4.39 Å². The summed E-state index contributed by atoms with van der Waals surface area (Å²) in [6.45, 7) is 0.936. The number of likely N-dealkylation sites (tertiary alicyclic amines) is 1. The number of carbonyl (C=O) groups is 3. The first kappa shape index (κ1) is 23.7. The number of hydrogen-bond donors (Lipinski definition) is 1. The normalized spacial score (nSPS) is 18.9. The van der Waals surface area contributed by atoms with E-state index in [1.165, 1.54) is 23.3 Å². The maximum absolute atomic E-state index is 13.7. The minimum Gasteiger partial charge on any atom is -0.459 e. The number of halogens is 1. The van der Waals surface area contributed by atoms with Crippen LogP contribution in [0.25, 0.3) is 0 Å². The molecule has 2 aromatic carbocycles. The van der Waals surface area contributed by atoms with Gasteiger partial charge in [-0.1, -0.05) is 30.3 Å². The molecule has 0 radical (unpaired) electrons. The molecule has 0 saturated carbocycles. The number of carbonyl (C=O) groups excluding carboxylic acids is 3. The summed E-state index contributed by atoms with van der Waals surface area (Å²) >= 11 is 0. The van der Waals surface area contributed by atoms with Crippen molar-refractivity contribution >= 4 is 17.7 Å². The van der Waals surface area contributed by atoms with E-state index in [2.05, 4.69) is 5.32 Å². The second-order valence-electron chi connectivity index (χ2n) is 8.93. The molecule has 3 aromatic rings. The quantitative estimate of drug-likeness (QED) is 0.592. The van der Waals surface area contributed by atoms with Crippen molar-refractivity contribution in [3.63, 3.8) is 0 Å². The van der Waals surface area contributed by atoms with Gasteiger partial charge in [-0.15, -0.1) is 0 Å². The summed E-state index contributed by atoms with van der Waals surface area (Å²) in [5, 5.41) is 2.85. The Morgan fingerprint density at radius 2 is 1.67 bits per heavy atom. The molecule has 3 heterocycles. The maximum Gasteiger partial charge on any atom is 0.289 e. The number of amides is 3. The van der Waals surface area contributed by atoms with E-state index in [1.54, 1.807) is 53.4 Å². The van der Waals surface area contributed by atoms with E-state index in [-0.39, 0.29) is 42.5 Å². The Morgan fingerprint density at radius 1 is 0.944 bits per heavy atom. The highest BCUT2D eigenvalue weighted by Crippen LogP contribution is 2.38. The average molecular weight is 492 g/mol. The Kier molecular flexibility index (Phi) is 6.56. The molecule has 2 fully saturated rings. The fourth-order valence-electron chi connectivity index (χ4n) is 4.81. The Labute approximate surface area is 207 Å². The summed E-state index contributed by atoms with van der Waals surface area (Å²) in [5.41, 5.74) is 0.182. The predicted octanol–water partition coefficient (Wildman–Crippen LogP) is 3.21. The zero-order chi connectivity index (χ0) is 25.1. The molecule has 3 amide bonds. The van der Waals surface area contributed by atoms with Crippen LogP contribution >= 0.6 is 0 Å². The van der Waals surface area contributed by atoms with Gasteiger partial charge < -0.3 is 19.4 Å².